The van der Waals surface area contributed by atoms with Crippen LogP contribution in [0.3, 0.4) is 0 Å². The Morgan fingerprint density at radius 2 is 1.80 bits per heavy atom. The summed E-state index contributed by atoms with van der Waals surface area (Å²) in [6.45, 7) is 8.36. The molecule has 2 aliphatic heterocycles. The fourth-order valence-corrected chi connectivity index (χ4v) is 4.60. The highest BCUT2D eigenvalue weighted by atomic mass is 16.2. The van der Waals surface area contributed by atoms with E-state index in [-0.39, 0.29) is 11.9 Å². The van der Waals surface area contributed by atoms with Gasteiger partial charge in [0.1, 0.15) is 0 Å². The molecule has 0 aromatic heterocycles. The van der Waals surface area contributed by atoms with Gasteiger partial charge in [-0.1, -0.05) is 25.1 Å². The molecule has 3 aliphatic rings. The highest BCUT2D eigenvalue weighted by Gasteiger charge is 2.34. The Balaban J connectivity index is 1.14. The maximum Gasteiger partial charge on any atom is 0.317 e. The van der Waals surface area contributed by atoms with Crippen LogP contribution in [0.25, 0.3) is 0 Å². The standard InChI is InChI=1S/C23H35N5O2/c1-2-19-5-3-4-6-21(19)25-22(29)17-26-11-13-27(14-12-26)23(30)24-15-18-9-10-28(16-18)20-7-8-20/h3-6,18,20H,2,7-17H2,1H3,(H,24,30)(H,25,29). The molecule has 2 N–H and O–H groups in total. The van der Waals surface area contributed by atoms with Gasteiger partial charge in [-0.3, -0.25) is 9.69 Å². The molecule has 7 nitrogen and oxygen atoms in total. The molecular weight excluding hydrogens is 378 g/mol. The second-order valence-electron chi connectivity index (χ2n) is 8.89. The van der Waals surface area contributed by atoms with Crippen LogP contribution in [-0.4, -0.2) is 85.0 Å². The number of likely N-dealkylation sites (tertiary alicyclic amines) is 1. The summed E-state index contributed by atoms with van der Waals surface area (Å²) in [4.78, 5) is 31.6. The predicted octanol–water partition coefficient (Wildman–Crippen LogP) is 2.00. The van der Waals surface area contributed by atoms with E-state index in [0.29, 0.717) is 25.6 Å². The van der Waals surface area contributed by atoms with Gasteiger partial charge in [-0.25, -0.2) is 4.79 Å². The van der Waals surface area contributed by atoms with Crippen LogP contribution in [0.5, 0.6) is 0 Å². The van der Waals surface area contributed by atoms with Crippen LogP contribution in [0.15, 0.2) is 24.3 Å². The summed E-state index contributed by atoms with van der Waals surface area (Å²) >= 11 is 0. The molecule has 1 saturated carbocycles. The Labute approximate surface area is 179 Å². The third-order valence-electron chi connectivity index (χ3n) is 6.62. The van der Waals surface area contributed by atoms with E-state index >= 15 is 0 Å². The number of piperazine rings is 1. The summed E-state index contributed by atoms with van der Waals surface area (Å²) in [6.07, 6.45) is 4.80. The molecule has 3 fully saturated rings. The zero-order valence-corrected chi connectivity index (χ0v) is 18.1. The quantitative estimate of drug-likeness (QED) is 0.718. The summed E-state index contributed by atoms with van der Waals surface area (Å²) in [5.41, 5.74) is 2.05. The number of nitrogens with zero attached hydrogens (tertiary/aromatic N) is 3. The zero-order valence-electron chi connectivity index (χ0n) is 18.1. The smallest absolute Gasteiger partial charge is 0.317 e. The Hall–Kier alpha value is -2.12. The SMILES string of the molecule is CCc1ccccc1NC(=O)CN1CCN(C(=O)NCC2CCN(C3CC3)C2)CC1. The van der Waals surface area contributed by atoms with Gasteiger partial charge in [0.15, 0.2) is 0 Å². The number of rotatable bonds is 7. The number of hydrogen-bond acceptors (Lipinski definition) is 4. The maximum atomic E-state index is 12.5. The Bertz CT molecular complexity index is 743. The molecule has 1 aromatic rings. The lowest BCUT2D eigenvalue weighted by Crippen LogP contribution is -2.53. The monoisotopic (exact) mass is 413 g/mol. The molecule has 30 heavy (non-hydrogen) atoms. The molecule has 164 valence electrons. The average Bonchev–Trinajstić information content (AvgIpc) is 3.51. The first-order valence-corrected chi connectivity index (χ1v) is 11.5. The number of urea groups is 1. The lowest BCUT2D eigenvalue weighted by Gasteiger charge is -2.34. The number of carbonyl (C=O) groups is 2. The lowest BCUT2D eigenvalue weighted by molar-refractivity contribution is -0.117. The van der Waals surface area contributed by atoms with Gasteiger partial charge < -0.3 is 20.4 Å². The number of hydrogen-bond donors (Lipinski definition) is 2. The van der Waals surface area contributed by atoms with Crippen LogP contribution >= 0.6 is 0 Å². The normalized spacial score (nSPS) is 22.8. The third kappa shape index (κ3) is 5.52. The highest BCUT2D eigenvalue weighted by Crippen LogP contribution is 2.31. The molecule has 1 unspecified atom stereocenters. The van der Waals surface area contributed by atoms with Gasteiger partial charge in [-0.05, 0) is 49.8 Å². The molecule has 1 aromatic carbocycles. The third-order valence-corrected chi connectivity index (χ3v) is 6.62. The Morgan fingerprint density at radius 3 is 2.53 bits per heavy atom. The molecule has 7 heteroatoms. The molecule has 3 amide bonds. The average molecular weight is 414 g/mol. The fraction of sp³-hybridized carbons (Fsp3) is 0.652. The summed E-state index contributed by atoms with van der Waals surface area (Å²) in [6, 6.07) is 8.80. The van der Waals surface area contributed by atoms with Crippen LogP contribution < -0.4 is 10.6 Å². The number of aryl methyl sites for hydroxylation is 1. The number of nitrogens with one attached hydrogen (secondary N) is 2. The van der Waals surface area contributed by atoms with Gasteiger partial charge >= 0.3 is 6.03 Å². The van der Waals surface area contributed by atoms with Crippen LogP contribution in [0.1, 0.15) is 31.7 Å². The maximum absolute atomic E-state index is 12.5. The number of carbonyl (C=O) groups excluding carboxylic acids is 2. The van der Waals surface area contributed by atoms with Gasteiger partial charge in [-0.15, -0.1) is 0 Å². The number of amides is 3. The van der Waals surface area contributed by atoms with E-state index in [1.54, 1.807) is 0 Å². The molecule has 1 aliphatic carbocycles. The van der Waals surface area contributed by atoms with Gasteiger partial charge in [0, 0.05) is 51.0 Å². The first-order chi connectivity index (χ1) is 14.6. The van der Waals surface area contributed by atoms with E-state index in [0.717, 1.165) is 49.9 Å². The molecule has 2 heterocycles. The molecular formula is C23H35N5O2. The molecule has 2 saturated heterocycles. The first kappa shape index (κ1) is 21.1. The van der Waals surface area contributed by atoms with Crippen molar-refractivity contribution in [2.24, 2.45) is 5.92 Å². The van der Waals surface area contributed by atoms with Crippen molar-refractivity contribution in [2.75, 3.05) is 57.7 Å². The van der Waals surface area contributed by atoms with Crippen LogP contribution in [0.2, 0.25) is 0 Å². The number of benzene rings is 1. The molecule has 4 rings (SSSR count). The largest absolute Gasteiger partial charge is 0.338 e. The summed E-state index contributed by atoms with van der Waals surface area (Å²) in [5.74, 6) is 0.598. The van der Waals surface area contributed by atoms with Gasteiger partial charge in [0.25, 0.3) is 0 Å². The minimum absolute atomic E-state index is 0.00949. The number of para-hydroxylation sites is 1. The topological polar surface area (TPSA) is 67.9 Å². The fourth-order valence-electron chi connectivity index (χ4n) is 4.60. The van der Waals surface area contributed by atoms with Crippen molar-refractivity contribution in [1.82, 2.24) is 20.0 Å². The minimum atomic E-state index is 0.00949. The van der Waals surface area contributed by atoms with E-state index in [1.807, 2.05) is 29.2 Å². The van der Waals surface area contributed by atoms with Gasteiger partial charge in [0.2, 0.25) is 5.91 Å². The number of anilines is 1. The van der Waals surface area contributed by atoms with Crippen molar-refractivity contribution >= 4 is 17.6 Å². The van der Waals surface area contributed by atoms with E-state index in [1.165, 1.54) is 25.8 Å². The van der Waals surface area contributed by atoms with E-state index in [9.17, 15) is 9.59 Å². The zero-order chi connectivity index (χ0) is 20.9. The van der Waals surface area contributed by atoms with Crippen molar-refractivity contribution in [2.45, 2.75) is 38.6 Å². The second-order valence-corrected chi connectivity index (χ2v) is 8.89. The first-order valence-electron chi connectivity index (χ1n) is 11.5. The Morgan fingerprint density at radius 1 is 1.03 bits per heavy atom. The van der Waals surface area contributed by atoms with Crippen molar-refractivity contribution in [3.63, 3.8) is 0 Å². The van der Waals surface area contributed by atoms with E-state index in [4.69, 9.17) is 0 Å². The van der Waals surface area contributed by atoms with Crippen molar-refractivity contribution in [3.05, 3.63) is 29.8 Å². The van der Waals surface area contributed by atoms with Crippen LogP contribution in [0, 0.1) is 5.92 Å². The van der Waals surface area contributed by atoms with Crippen molar-refractivity contribution in [1.29, 1.82) is 0 Å². The van der Waals surface area contributed by atoms with Crippen LogP contribution in [0.4, 0.5) is 10.5 Å². The van der Waals surface area contributed by atoms with Gasteiger partial charge in [-0.2, -0.15) is 0 Å². The summed E-state index contributed by atoms with van der Waals surface area (Å²) in [5, 5.41) is 6.17. The lowest BCUT2D eigenvalue weighted by atomic mass is 10.1. The second kappa shape index (κ2) is 9.79. The van der Waals surface area contributed by atoms with Crippen molar-refractivity contribution in [3.8, 4) is 0 Å². The van der Waals surface area contributed by atoms with Crippen LogP contribution in [-0.2, 0) is 11.2 Å². The minimum Gasteiger partial charge on any atom is -0.338 e. The van der Waals surface area contributed by atoms with E-state index < -0.39 is 0 Å². The van der Waals surface area contributed by atoms with Gasteiger partial charge in [0.05, 0.1) is 6.54 Å². The van der Waals surface area contributed by atoms with Crippen molar-refractivity contribution < 1.29 is 9.59 Å². The van der Waals surface area contributed by atoms with E-state index in [2.05, 4.69) is 27.4 Å². The highest BCUT2D eigenvalue weighted by molar-refractivity contribution is 5.93. The Kier molecular flexibility index (Phi) is 6.89. The molecule has 0 spiro atoms. The molecule has 0 bridgehead atoms. The summed E-state index contributed by atoms with van der Waals surface area (Å²) < 4.78 is 0. The molecule has 0 radical (unpaired) electrons. The predicted molar refractivity (Wildman–Crippen MR) is 119 cm³/mol. The summed E-state index contributed by atoms with van der Waals surface area (Å²) in [7, 11) is 0. The molecule has 1 atom stereocenters.